The lowest BCUT2D eigenvalue weighted by Crippen LogP contribution is -2.42. The van der Waals surface area contributed by atoms with Crippen molar-refractivity contribution in [2.75, 3.05) is 5.32 Å². The van der Waals surface area contributed by atoms with Gasteiger partial charge in [-0.3, -0.25) is 4.79 Å². The molecule has 0 spiro atoms. The summed E-state index contributed by atoms with van der Waals surface area (Å²) in [6, 6.07) is 10.6. The first-order valence-corrected chi connectivity index (χ1v) is 8.53. The largest absolute Gasteiger partial charge is 0.506 e. The van der Waals surface area contributed by atoms with Gasteiger partial charge >= 0.3 is 0 Å². The number of hydrogen-bond donors (Lipinski definition) is 2. The molecule has 0 radical (unpaired) electrons. The van der Waals surface area contributed by atoms with Gasteiger partial charge < -0.3 is 15.2 Å². The fourth-order valence-electron chi connectivity index (χ4n) is 1.93. The third-order valence-electron chi connectivity index (χ3n) is 3.25. The van der Waals surface area contributed by atoms with Crippen molar-refractivity contribution in [3.8, 4) is 11.5 Å². The Hall–Kier alpha value is -1.53. The minimum Gasteiger partial charge on any atom is -0.506 e. The van der Waals surface area contributed by atoms with Crippen LogP contribution in [0.15, 0.2) is 45.3 Å². The second-order valence-corrected chi connectivity index (χ2v) is 7.41. The van der Waals surface area contributed by atoms with E-state index in [2.05, 4.69) is 37.2 Å². The molecule has 0 aliphatic rings. The number of carbonyl (C=O) groups excluding carboxylic acids is 1. The average molecular weight is 443 g/mol. The van der Waals surface area contributed by atoms with Crippen LogP contribution in [0.25, 0.3) is 0 Å². The van der Waals surface area contributed by atoms with Gasteiger partial charge in [0.25, 0.3) is 5.91 Å². The van der Waals surface area contributed by atoms with Crippen molar-refractivity contribution in [2.24, 2.45) is 0 Å². The Kier molecular flexibility index (Phi) is 5.37. The lowest BCUT2D eigenvalue weighted by molar-refractivity contribution is -0.128. The smallest absolute Gasteiger partial charge is 0.267 e. The highest BCUT2D eigenvalue weighted by molar-refractivity contribution is 9.10. The van der Waals surface area contributed by atoms with E-state index < -0.39 is 5.60 Å². The zero-order valence-electron chi connectivity index (χ0n) is 13.0. The Morgan fingerprint density at radius 3 is 2.35 bits per heavy atom. The molecule has 2 rings (SSSR count). The third kappa shape index (κ3) is 4.48. The first-order valence-electron chi connectivity index (χ1n) is 6.94. The highest BCUT2D eigenvalue weighted by atomic mass is 79.9. The van der Waals surface area contributed by atoms with Crippen molar-refractivity contribution in [3.05, 3.63) is 50.9 Å². The second kappa shape index (κ2) is 6.93. The molecule has 4 nitrogen and oxygen atoms in total. The molecular formula is C17H17Br2NO3. The van der Waals surface area contributed by atoms with Gasteiger partial charge in [-0.2, -0.15) is 0 Å². The first kappa shape index (κ1) is 17.8. The molecule has 0 unspecified atom stereocenters. The Morgan fingerprint density at radius 1 is 1.17 bits per heavy atom. The summed E-state index contributed by atoms with van der Waals surface area (Å²) in [6.07, 6.45) is 0. The summed E-state index contributed by atoms with van der Waals surface area (Å²) in [5, 5.41) is 12.6. The molecule has 2 aromatic rings. The van der Waals surface area contributed by atoms with Crippen molar-refractivity contribution in [1.82, 2.24) is 0 Å². The quantitative estimate of drug-likeness (QED) is 0.653. The maximum atomic E-state index is 12.5. The van der Waals surface area contributed by atoms with Crippen molar-refractivity contribution >= 4 is 43.5 Å². The molecule has 0 atom stereocenters. The molecule has 0 heterocycles. The third-order valence-corrected chi connectivity index (χ3v) is 4.38. The number of anilines is 1. The van der Waals surface area contributed by atoms with Crippen LogP contribution in [0.4, 0.5) is 5.69 Å². The summed E-state index contributed by atoms with van der Waals surface area (Å²) in [5.74, 6) is 0.488. The first-order chi connectivity index (χ1) is 10.7. The van der Waals surface area contributed by atoms with E-state index in [1.54, 1.807) is 45.0 Å². The summed E-state index contributed by atoms with van der Waals surface area (Å²) in [5.41, 5.74) is 0.206. The molecule has 122 valence electrons. The molecule has 0 saturated heterocycles. The average Bonchev–Trinajstić information content (AvgIpc) is 2.47. The van der Waals surface area contributed by atoms with Gasteiger partial charge in [0.1, 0.15) is 11.5 Å². The summed E-state index contributed by atoms with van der Waals surface area (Å²) in [6.45, 7) is 5.17. The summed E-state index contributed by atoms with van der Waals surface area (Å²) >= 11 is 6.62. The monoisotopic (exact) mass is 441 g/mol. The molecule has 23 heavy (non-hydrogen) atoms. The lowest BCUT2D eigenvalue weighted by Gasteiger charge is -2.25. The lowest BCUT2D eigenvalue weighted by atomic mass is 10.1. The molecule has 2 N–H and O–H groups in total. The highest BCUT2D eigenvalue weighted by Crippen LogP contribution is 2.31. The van der Waals surface area contributed by atoms with Gasteiger partial charge in [-0.25, -0.2) is 0 Å². The predicted molar refractivity (Wildman–Crippen MR) is 98.0 cm³/mol. The number of ether oxygens (including phenoxy) is 1. The van der Waals surface area contributed by atoms with Gasteiger partial charge in [0.05, 0.1) is 4.47 Å². The van der Waals surface area contributed by atoms with E-state index in [-0.39, 0.29) is 11.7 Å². The number of nitrogens with one attached hydrogen (secondary N) is 1. The van der Waals surface area contributed by atoms with Crippen LogP contribution in [0.5, 0.6) is 11.5 Å². The zero-order chi connectivity index (χ0) is 17.2. The zero-order valence-corrected chi connectivity index (χ0v) is 16.2. The van der Waals surface area contributed by atoms with Gasteiger partial charge in [0.15, 0.2) is 5.60 Å². The minimum absolute atomic E-state index is 0.161. The number of amides is 1. The maximum Gasteiger partial charge on any atom is 0.267 e. The van der Waals surface area contributed by atoms with Crippen LogP contribution in [0.2, 0.25) is 0 Å². The fraction of sp³-hybridized carbons (Fsp3) is 0.235. The number of carbonyl (C=O) groups is 1. The second-order valence-electron chi connectivity index (χ2n) is 5.64. The summed E-state index contributed by atoms with van der Waals surface area (Å²) in [4.78, 5) is 12.5. The van der Waals surface area contributed by atoms with E-state index in [9.17, 15) is 9.90 Å². The number of phenols is 1. The molecule has 6 heteroatoms. The van der Waals surface area contributed by atoms with Crippen molar-refractivity contribution in [2.45, 2.75) is 26.4 Å². The van der Waals surface area contributed by atoms with Crippen LogP contribution >= 0.6 is 31.9 Å². The van der Waals surface area contributed by atoms with Crippen molar-refractivity contribution in [3.63, 3.8) is 0 Å². The maximum absolute atomic E-state index is 12.5. The van der Waals surface area contributed by atoms with Gasteiger partial charge in [-0.15, -0.1) is 0 Å². The topological polar surface area (TPSA) is 58.6 Å². The van der Waals surface area contributed by atoms with Gasteiger partial charge in [0.2, 0.25) is 0 Å². The molecule has 2 aromatic carbocycles. The normalized spacial score (nSPS) is 11.2. The highest BCUT2D eigenvalue weighted by Gasteiger charge is 2.30. The molecular weight excluding hydrogens is 426 g/mol. The van der Waals surface area contributed by atoms with Crippen LogP contribution in [0.3, 0.4) is 0 Å². The van der Waals surface area contributed by atoms with E-state index in [0.29, 0.717) is 21.5 Å². The number of phenolic OH excluding ortho intramolecular Hbond substituents is 1. The number of benzene rings is 2. The van der Waals surface area contributed by atoms with E-state index in [1.807, 2.05) is 12.1 Å². The molecule has 0 bridgehead atoms. The van der Waals surface area contributed by atoms with Crippen LogP contribution in [-0.4, -0.2) is 16.6 Å². The number of halogens is 2. The van der Waals surface area contributed by atoms with Crippen LogP contribution in [-0.2, 0) is 4.79 Å². The Morgan fingerprint density at radius 2 is 1.78 bits per heavy atom. The summed E-state index contributed by atoms with van der Waals surface area (Å²) in [7, 11) is 0. The minimum atomic E-state index is -1.05. The predicted octanol–water partition coefficient (Wildman–Crippen LogP) is 5.02. The molecule has 1 amide bonds. The van der Waals surface area contributed by atoms with Crippen LogP contribution < -0.4 is 10.1 Å². The van der Waals surface area contributed by atoms with E-state index in [4.69, 9.17) is 4.74 Å². The van der Waals surface area contributed by atoms with Crippen LogP contribution in [0.1, 0.15) is 19.4 Å². The molecule has 0 aromatic heterocycles. The van der Waals surface area contributed by atoms with Gasteiger partial charge in [-0.05, 0) is 78.7 Å². The summed E-state index contributed by atoms with van der Waals surface area (Å²) < 4.78 is 7.25. The molecule has 0 fully saturated rings. The Bertz CT molecular complexity index is 704. The molecule has 0 saturated carbocycles. The number of aromatic hydroxyl groups is 1. The molecule has 0 aliphatic carbocycles. The van der Waals surface area contributed by atoms with Crippen molar-refractivity contribution in [1.29, 1.82) is 0 Å². The Balaban J connectivity index is 2.13. The standard InChI is InChI=1S/C17H17Br2NO3/c1-10-8-12(9-14(19)15(10)21)20-16(22)17(2,3)23-13-6-4-11(18)5-7-13/h4-9,21H,1-3H3,(H,20,22). The SMILES string of the molecule is Cc1cc(NC(=O)C(C)(C)Oc2ccc(Br)cc2)cc(Br)c1O. The van der Waals surface area contributed by atoms with Gasteiger partial charge in [0, 0.05) is 10.2 Å². The molecule has 0 aliphatic heterocycles. The number of hydrogen-bond acceptors (Lipinski definition) is 3. The van der Waals surface area contributed by atoms with E-state index >= 15 is 0 Å². The van der Waals surface area contributed by atoms with Crippen molar-refractivity contribution < 1.29 is 14.6 Å². The van der Waals surface area contributed by atoms with E-state index in [0.717, 1.165) is 4.47 Å². The van der Waals surface area contributed by atoms with E-state index in [1.165, 1.54) is 0 Å². The van der Waals surface area contributed by atoms with Crippen LogP contribution in [0, 0.1) is 6.92 Å². The Labute approximate surface area is 152 Å². The fourth-order valence-corrected chi connectivity index (χ4v) is 2.76. The number of aryl methyl sites for hydroxylation is 1. The number of rotatable bonds is 4. The van der Waals surface area contributed by atoms with Gasteiger partial charge in [-0.1, -0.05) is 15.9 Å².